The van der Waals surface area contributed by atoms with Crippen molar-refractivity contribution in [2.24, 2.45) is 0 Å². The molecule has 1 aromatic carbocycles. The van der Waals surface area contributed by atoms with Crippen LogP contribution in [0.15, 0.2) is 30.5 Å². The summed E-state index contributed by atoms with van der Waals surface area (Å²) < 4.78 is 5.63. The summed E-state index contributed by atoms with van der Waals surface area (Å²) in [5, 5.41) is 4.07. The Morgan fingerprint density at radius 2 is 2.38 bits per heavy atom. The van der Waals surface area contributed by atoms with Gasteiger partial charge in [0.1, 0.15) is 0 Å². The number of likely N-dealkylation sites (tertiary alicyclic amines) is 1. The molecule has 2 aromatic rings. The normalized spacial score (nSPS) is 18.9. The van der Waals surface area contributed by atoms with Gasteiger partial charge in [-0.1, -0.05) is 0 Å². The zero-order valence-electron chi connectivity index (χ0n) is 12.3. The van der Waals surface area contributed by atoms with Crippen molar-refractivity contribution in [1.29, 1.82) is 0 Å². The number of carbonyl (C=O) groups is 1. The molecule has 1 unspecified atom stereocenters. The topological polar surface area (TPSA) is 57.4 Å². The van der Waals surface area contributed by atoms with Gasteiger partial charge >= 0.3 is 6.03 Å². The number of H-pyrrole nitrogens is 1. The molecule has 3 rings (SSSR count). The van der Waals surface area contributed by atoms with Crippen molar-refractivity contribution in [3.8, 4) is 0 Å². The van der Waals surface area contributed by atoms with Crippen molar-refractivity contribution in [3.63, 3.8) is 0 Å². The number of nitrogens with zero attached hydrogens (tertiary/aromatic N) is 1. The second kappa shape index (κ2) is 6.18. The zero-order valence-corrected chi connectivity index (χ0v) is 12.3. The summed E-state index contributed by atoms with van der Waals surface area (Å²) in [6, 6.07) is 7.82. The molecule has 5 heteroatoms. The molecule has 21 heavy (non-hydrogen) atoms. The number of rotatable bonds is 3. The highest BCUT2D eigenvalue weighted by Crippen LogP contribution is 2.19. The van der Waals surface area contributed by atoms with Gasteiger partial charge < -0.3 is 19.9 Å². The van der Waals surface area contributed by atoms with Crippen LogP contribution in [0.4, 0.5) is 10.5 Å². The lowest BCUT2D eigenvalue weighted by Gasteiger charge is -2.32. The molecule has 1 atom stereocenters. The molecule has 0 saturated carbocycles. The second-order valence-electron chi connectivity index (χ2n) is 5.38. The van der Waals surface area contributed by atoms with Crippen molar-refractivity contribution in [2.75, 3.05) is 25.0 Å². The van der Waals surface area contributed by atoms with Crippen LogP contribution in [0.5, 0.6) is 0 Å². The highest BCUT2D eigenvalue weighted by atomic mass is 16.5. The van der Waals surface area contributed by atoms with Crippen LogP contribution in [0, 0.1) is 0 Å². The molecule has 2 heterocycles. The number of benzene rings is 1. The van der Waals surface area contributed by atoms with Gasteiger partial charge in [-0.15, -0.1) is 0 Å². The van der Waals surface area contributed by atoms with E-state index in [2.05, 4.69) is 10.3 Å². The smallest absolute Gasteiger partial charge is 0.321 e. The summed E-state index contributed by atoms with van der Waals surface area (Å²) in [7, 11) is 0. The van der Waals surface area contributed by atoms with Gasteiger partial charge in [-0.05, 0) is 44.0 Å². The Balaban J connectivity index is 1.64. The van der Waals surface area contributed by atoms with E-state index >= 15 is 0 Å². The summed E-state index contributed by atoms with van der Waals surface area (Å²) in [4.78, 5) is 17.3. The third-order valence-electron chi connectivity index (χ3n) is 3.87. The minimum Gasteiger partial charge on any atom is -0.377 e. The molecule has 1 aliphatic rings. The fourth-order valence-electron chi connectivity index (χ4n) is 2.83. The van der Waals surface area contributed by atoms with Gasteiger partial charge in [0.15, 0.2) is 0 Å². The first-order valence-corrected chi connectivity index (χ1v) is 7.51. The Morgan fingerprint density at radius 1 is 1.48 bits per heavy atom. The highest BCUT2D eigenvalue weighted by molar-refractivity contribution is 5.92. The number of aromatic amines is 1. The molecular weight excluding hydrogens is 266 g/mol. The van der Waals surface area contributed by atoms with Gasteiger partial charge in [0, 0.05) is 42.5 Å². The second-order valence-corrected chi connectivity index (χ2v) is 5.38. The van der Waals surface area contributed by atoms with Crippen LogP contribution in [-0.2, 0) is 4.74 Å². The zero-order chi connectivity index (χ0) is 14.7. The number of anilines is 1. The lowest BCUT2D eigenvalue weighted by Crippen LogP contribution is -2.45. The Labute approximate surface area is 124 Å². The molecule has 112 valence electrons. The molecule has 1 aliphatic heterocycles. The molecule has 1 fully saturated rings. The van der Waals surface area contributed by atoms with Crippen LogP contribution in [0.3, 0.4) is 0 Å². The van der Waals surface area contributed by atoms with E-state index in [1.54, 1.807) is 0 Å². The molecule has 0 aliphatic carbocycles. The van der Waals surface area contributed by atoms with Gasteiger partial charge in [-0.25, -0.2) is 4.79 Å². The van der Waals surface area contributed by atoms with Crippen molar-refractivity contribution in [1.82, 2.24) is 9.88 Å². The predicted molar refractivity (Wildman–Crippen MR) is 83.5 cm³/mol. The minimum absolute atomic E-state index is 0.0470. The first-order chi connectivity index (χ1) is 10.3. The largest absolute Gasteiger partial charge is 0.377 e. The summed E-state index contributed by atoms with van der Waals surface area (Å²) >= 11 is 0. The van der Waals surface area contributed by atoms with Crippen LogP contribution >= 0.6 is 0 Å². The van der Waals surface area contributed by atoms with Crippen molar-refractivity contribution in [3.05, 3.63) is 30.5 Å². The van der Waals surface area contributed by atoms with E-state index in [1.807, 2.05) is 42.3 Å². The number of carbonyl (C=O) groups excluding carboxylic acids is 1. The molecule has 1 aromatic heterocycles. The number of nitrogens with one attached hydrogen (secondary N) is 2. The Bertz CT molecular complexity index is 621. The Morgan fingerprint density at radius 3 is 3.24 bits per heavy atom. The lowest BCUT2D eigenvalue weighted by molar-refractivity contribution is 0.0181. The van der Waals surface area contributed by atoms with Crippen LogP contribution in [0.25, 0.3) is 10.9 Å². The van der Waals surface area contributed by atoms with Crippen molar-refractivity contribution < 1.29 is 9.53 Å². The van der Waals surface area contributed by atoms with Gasteiger partial charge in [0.2, 0.25) is 0 Å². The lowest BCUT2D eigenvalue weighted by atomic mass is 10.1. The minimum atomic E-state index is -0.0470. The van der Waals surface area contributed by atoms with Gasteiger partial charge in [-0.2, -0.15) is 0 Å². The van der Waals surface area contributed by atoms with Crippen LogP contribution in [0.1, 0.15) is 19.8 Å². The van der Waals surface area contributed by atoms with Gasteiger partial charge in [0.25, 0.3) is 0 Å². The summed E-state index contributed by atoms with van der Waals surface area (Å²) in [5.74, 6) is 0. The average molecular weight is 287 g/mol. The van der Waals surface area contributed by atoms with Gasteiger partial charge in [-0.3, -0.25) is 0 Å². The third-order valence-corrected chi connectivity index (χ3v) is 3.87. The van der Waals surface area contributed by atoms with Gasteiger partial charge in [0.05, 0.1) is 6.10 Å². The number of ether oxygens (including phenoxy) is 1. The number of hydrogen-bond acceptors (Lipinski definition) is 2. The number of aromatic nitrogens is 1. The number of piperidine rings is 1. The van der Waals surface area contributed by atoms with E-state index < -0.39 is 0 Å². The fourth-order valence-corrected chi connectivity index (χ4v) is 2.83. The number of hydrogen-bond donors (Lipinski definition) is 2. The van der Waals surface area contributed by atoms with E-state index in [0.717, 1.165) is 36.0 Å². The number of fused-ring (bicyclic) bond motifs is 1. The molecule has 0 spiro atoms. The SMILES string of the molecule is CCOC1CCCN(C(=O)Nc2ccc3[nH]ccc3c2)C1. The van der Waals surface area contributed by atoms with Crippen LogP contribution in [-0.4, -0.2) is 41.7 Å². The number of amides is 2. The van der Waals surface area contributed by atoms with E-state index in [9.17, 15) is 4.79 Å². The molecule has 1 saturated heterocycles. The Hall–Kier alpha value is -2.01. The fraction of sp³-hybridized carbons (Fsp3) is 0.438. The maximum absolute atomic E-state index is 12.3. The van der Waals surface area contributed by atoms with E-state index in [1.165, 1.54) is 0 Å². The highest BCUT2D eigenvalue weighted by Gasteiger charge is 2.23. The standard InChI is InChI=1S/C16H21N3O2/c1-2-21-14-4-3-9-19(11-14)16(20)18-13-5-6-15-12(10-13)7-8-17-15/h5-8,10,14,17H,2-4,9,11H2,1H3,(H,18,20). The molecular formula is C16H21N3O2. The maximum atomic E-state index is 12.3. The molecule has 0 bridgehead atoms. The first kappa shape index (κ1) is 13.9. The third kappa shape index (κ3) is 3.19. The van der Waals surface area contributed by atoms with Crippen molar-refractivity contribution >= 4 is 22.6 Å². The van der Waals surface area contributed by atoms with Crippen molar-refractivity contribution in [2.45, 2.75) is 25.9 Å². The molecule has 2 amide bonds. The summed E-state index contributed by atoms with van der Waals surface area (Å²) in [5.41, 5.74) is 1.90. The van der Waals surface area contributed by atoms with Crippen LogP contribution in [0.2, 0.25) is 0 Å². The summed E-state index contributed by atoms with van der Waals surface area (Å²) in [6.45, 7) is 4.16. The number of urea groups is 1. The quantitative estimate of drug-likeness (QED) is 0.910. The van der Waals surface area contributed by atoms with E-state index in [-0.39, 0.29) is 12.1 Å². The van der Waals surface area contributed by atoms with E-state index in [0.29, 0.717) is 13.2 Å². The monoisotopic (exact) mass is 287 g/mol. The maximum Gasteiger partial charge on any atom is 0.321 e. The first-order valence-electron chi connectivity index (χ1n) is 7.51. The van der Waals surface area contributed by atoms with E-state index in [4.69, 9.17) is 4.74 Å². The average Bonchev–Trinajstić information content (AvgIpc) is 2.95. The molecule has 2 N–H and O–H groups in total. The summed E-state index contributed by atoms with van der Waals surface area (Å²) in [6.07, 6.45) is 4.09. The Kier molecular flexibility index (Phi) is 4.10. The molecule has 5 nitrogen and oxygen atoms in total. The molecule has 0 radical (unpaired) electrons. The predicted octanol–water partition coefficient (Wildman–Crippen LogP) is 3.20. The van der Waals surface area contributed by atoms with Crippen LogP contribution < -0.4 is 5.32 Å².